The Bertz CT molecular complexity index is 548. The van der Waals surface area contributed by atoms with Gasteiger partial charge in [-0.15, -0.1) is 0 Å². The van der Waals surface area contributed by atoms with Gasteiger partial charge in [-0.1, -0.05) is 22.8 Å². The molecule has 0 radical (unpaired) electrons. The molecule has 0 aromatic heterocycles. The minimum atomic E-state index is 0.0723. The Morgan fingerprint density at radius 3 is 2.90 bits per heavy atom. The zero-order valence-corrected chi connectivity index (χ0v) is 12.8. The molecule has 0 saturated carbocycles. The minimum Gasteiger partial charge on any atom is -0.409 e. The first-order chi connectivity index (χ1) is 10.2. The molecule has 5 nitrogen and oxygen atoms in total. The van der Waals surface area contributed by atoms with Crippen molar-refractivity contribution in [3.63, 3.8) is 0 Å². The standard InChI is InChI=1S/C15H21ClN4O/c16-12-5-1-6-13(14(12)15(17)18-21)20-9-3-8-19-7-2-4-11(19)10-20/h1,5-6,11,21H,2-4,7-10H2,(H2,17,18). The largest absolute Gasteiger partial charge is 0.409 e. The van der Waals surface area contributed by atoms with Crippen LogP contribution in [0.15, 0.2) is 23.4 Å². The van der Waals surface area contributed by atoms with E-state index in [4.69, 9.17) is 22.5 Å². The van der Waals surface area contributed by atoms with Gasteiger partial charge in [-0.25, -0.2) is 0 Å². The third-order valence-corrected chi connectivity index (χ3v) is 4.81. The Kier molecular flexibility index (Phi) is 4.22. The van der Waals surface area contributed by atoms with Crippen molar-refractivity contribution in [1.82, 2.24) is 4.90 Å². The van der Waals surface area contributed by atoms with Gasteiger partial charge >= 0.3 is 0 Å². The molecule has 0 aliphatic carbocycles. The topological polar surface area (TPSA) is 65.1 Å². The summed E-state index contributed by atoms with van der Waals surface area (Å²) in [6.45, 7) is 4.31. The molecule has 1 unspecified atom stereocenters. The van der Waals surface area contributed by atoms with Crippen LogP contribution < -0.4 is 10.6 Å². The molecule has 1 aromatic carbocycles. The van der Waals surface area contributed by atoms with E-state index in [9.17, 15) is 0 Å². The molecule has 2 aliphatic heterocycles. The molecule has 0 bridgehead atoms. The first-order valence-corrected chi connectivity index (χ1v) is 7.84. The van der Waals surface area contributed by atoms with Crippen LogP contribution in [0.4, 0.5) is 5.69 Å². The highest BCUT2D eigenvalue weighted by atomic mass is 35.5. The number of oxime groups is 1. The lowest BCUT2D eigenvalue weighted by atomic mass is 10.1. The van der Waals surface area contributed by atoms with E-state index in [0.717, 1.165) is 31.7 Å². The molecule has 1 aromatic rings. The Balaban J connectivity index is 1.94. The second-order valence-corrected chi connectivity index (χ2v) is 6.16. The molecule has 0 spiro atoms. The lowest BCUT2D eigenvalue weighted by Crippen LogP contribution is -2.37. The highest BCUT2D eigenvalue weighted by Crippen LogP contribution is 2.30. The van der Waals surface area contributed by atoms with E-state index in [1.54, 1.807) is 6.07 Å². The van der Waals surface area contributed by atoms with E-state index in [2.05, 4.69) is 15.0 Å². The first-order valence-electron chi connectivity index (χ1n) is 7.46. The maximum atomic E-state index is 9.02. The van der Waals surface area contributed by atoms with Crippen molar-refractivity contribution in [2.45, 2.75) is 25.3 Å². The summed E-state index contributed by atoms with van der Waals surface area (Å²) in [6, 6.07) is 6.30. The van der Waals surface area contributed by atoms with E-state index in [-0.39, 0.29) is 5.84 Å². The lowest BCUT2D eigenvalue weighted by molar-refractivity contribution is 0.273. The van der Waals surface area contributed by atoms with Crippen molar-refractivity contribution < 1.29 is 5.21 Å². The fourth-order valence-corrected chi connectivity index (χ4v) is 3.77. The van der Waals surface area contributed by atoms with Gasteiger partial charge < -0.3 is 15.8 Å². The second-order valence-electron chi connectivity index (χ2n) is 5.75. The van der Waals surface area contributed by atoms with E-state index in [1.165, 1.54) is 19.4 Å². The van der Waals surface area contributed by atoms with Crippen LogP contribution in [-0.2, 0) is 0 Å². The van der Waals surface area contributed by atoms with Gasteiger partial charge in [-0.2, -0.15) is 0 Å². The zero-order chi connectivity index (χ0) is 14.8. The number of hydrogen-bond acceptors (Lipinski definition) is 4. The van der Waals surface area contributed by atoms with Gasteiger partial charge in [0.25, 0.3) is 0 Å². The number of amidine groups is 1. The van der Waals surface area contributed by atoms with Gasteiger partial charge in [0.05, 0.1) is 10.6 Å². The van der Waals surface area contributed by atoms with Gasteiger partial charge in [0.1, 0.15) is 0 Å². The Morgan fingerprint density at radius 2 is 2.10 bits per heavy atom. The van der Waals surface area contributed by atoms with Crippen molar-refractivity contribution in [2.24, 2.45) is 10.9 Å². The monoisotopic (exact) mass is 308 g/mol. The molecule has 6 heteroatoms. The minimum absolute atomic E-state index is 0.0723. The fourth-order valence-electron chi connectivity index (χ4n) is 3.51. The molecule has 1 atom stereocenters. The van der Waals surface area contributed by atoms with Crippen molar-refractivity contribution in [3.8, 4) is 0 Å². The third-order valence-electron chi connectivity index (χ3n) is 4.50. The van der Waals surface area contributed by atoms with Crippen molar-refractivity contribution >= 4 is 23.1 Å². The molecule has 2 heterocycles. The Labute approximate surface area is 130 Å². The molecule has 0 amide bonds. The third kappa shape index (κ3) is 2.80. The van der Waals surface area contributed by atoms with Crippen LogP contribution >= 0.6 is 11.6 Å². The predicted octanol–water partition coefficient (Wildman–Crippen LogP) is 2.11. The summed E-state index contributed by atoms with van der Waals surface area (Å²) in [5, 5.41) is 12.7. The molecule has 3 rings (SSSR count). The highest BCUT2D eigenvalue weighted by molar-refractivity contribution is 6.34. The molecule has 2 saturated heterocycles. The number of hydrogen-bond donors (Lipinski definition) is 2. The first kappa shape index (κ1) is 14.5. The lowest BCUT2D eigenvalue weighted by Gasteiger charge is -2.29. The highest BCUT2D eigenvalue weighted by Gasteiger charge is 2.30. The summed E-state index contributed by atoms with van der Waals surface area (Å²) in [5.41, 5.74) is 7.42. The molecule has 21 heavy (non-hydrogen) atoms. The molecule has 3 N–H and O–H groups in total. The van der Waals surface area contributed by atoms with Crippen molar-refractivity contribution in [3.05, 3.63) is 28.8 Å². The summed E-state index contributed by atoms with van der Waals surface area (Å²) in [7, 11) is 0. The smallest absolute Gasteiger partial charge is 0.173 e. The van der Waals surface area contributed by atoms with Crippen molar-refractivity contribution in [1.29, 1.82) is 0 Å². The van der Waals surface area contributed by atoms with Crippen LogP contribution in [0.5, 0.6) is 0 Å². The summed E-state index contributed by atoms with van der Waals surface area (Å²) < 4.78 is 0. The molecular formula is C15H21ClN4O. The van der Waals surface area contributed by atoms with E-state index in [1.807, 2.05) is 12.1 Å². The predicted molar refractivity (Wildman–Crippen MR) is 85.4 cm³/mol. The molecule has 2 aliphatic rings. The number of rotatable bonds is 2. The number of nitrogens with two attached hydrogens (primary N) is 1. The summed E-state index contributed by atoms with van der Waals surface area (Å²) in [4.78, 5) is 4.91. The van der Waals surface area contributed by atoms with Crippen LogP contribution in [0.3, 0.4) is 0 Å². The normalized spacial score (nSPS) is 24.0. The van der Waals surface area contributed by atoms with Crippen LogP contribution in [0.2, 0.25) is 5.02 Å². The number of nitrogens with zero attached hydrogens (tertiary/aromatic N) is 3. The fraction of sp³-hybridized carbons (Fsp3) is 0.533. The number of benzene rings is 1. The van der Waals surface area contributed by atoms with Crippen LogP contribution in [-0.4, -0.2) is 48.2 Å². The van der Waals surface area contributed by atoms with Gasteiger partial charge in [0.2, 0.25) is 0 Å². The quantitative estimate of drug-likeness (QED) is 0.380. The zero-order valence-electron chi connectivity index (χ0n) is 12.0. The number of anilines is 1. The van der Waals surface area contributed by atoms with Crippen LogP contribution in [0.1, 0.15) is 24.8 Å². The van der Waals surface area contributed by atoms with Gasteiger partial charge in [0.15, 0.2) is 5.84 Å². The summed E-state index contributed by atoms with van der Waals surface area (Å²) >= 11 is 6.27. The second kappa shape index (κ2) is 6.12. The molecular weight excluding hydrogens is 288 g/mol. The van der Waals surface area contributed by atoms with E-state index in [0.29, 0.717) is 16.6 Å². The summed E-state index contributed by atoms with van der Waals surface area (Å²) in [6.07, 6.45) is 3.65. The van der Waals surface area contributed by atoms with Gasteiger partial charge in [-0.3, -0.25) is 4.90 Å². The van der Waals surface area contributed by atoms with E-state index < -0.39 is 0 Å². The molecule has 114 valence electrons. The van der Waals surface area contributed by atoms with Gasteiger partial charge in [0, 0.05) is 31.4 Å². The summed E-state index contributed by atoms with van der Waals surface area (Å²) in [5.74, 6) is 0.0723. The SMILES string of the molecule is NC(=NO)c1c(Cl)cccc1N1CCCN2CCCC2C1. The number of halogens is 1. The Morgan fingerprint density at radius 1 is 1.29 bits per heavy atom. The Hall–Kier alpha value is -1.46. The van der Waals surface area contributed by atoms with Crippen molar-refractivity contribution in [2.75, 3.05) is 31.1 Å². The maximum absolute atomic E-state index is 9.02. The average molecular weight is 309 g/mol. The van der Waals surface area contributed by atoms with Crippen LogP contribution in [0.25, 0.3) is 0 Å². The van der Waals surface area contributed by atoms with Gasteiger partial charge in [-0.05, 0) is 37.9 Å². The van der Waals surface area contributed by atoms with Crippen LogP contribution in [0, 0.1) is 0 Å². The van der Waals surface area contributed by atoms with E-state index >= 15 is 0 Å². The molecule has 2 fully saturated rings. The number of fused-ring (bicyclic) bond motifs is 1. The maximum Gasteiger partial charge on any atom is 0.173 e. The average Bonchev–Trinajstić information content (AvgIpc) is 2.83.